The zero-order valence-electron chi connectivity index (χ0n) is 21.0. The number of aliphatic carboxylic acids is 1. The number of H-pyrrole nitrogens is 1. The van der Waals surface area contributed by atoms with E-state index in [1.807, 2.05) is 54.6 Å². The number of aliphatic hydroxyl groups excluding tert-OH is 1. The first-order valence-corrected chi connectivity index (χ1v) is 12.0. The van der Waals surface area contributed by atoms with Crippen molar-refractivity contribution in [3.8, 4) is 33.9 Å². The number of nitrogens with one attached hydrogen (secondary N) is 2. The standard InChI is InChI=1S/C29H29N3O6/c1-37-22-12-13-27(38-2)23(16-22)24-17-25(32-31-24)28(34)30-21(15-26(33)29(35)36)14-18-8-10-20(11-9-18)19-6-4-3-5-7-19/h3-13,16-17,21,26,33H,14-15H2,1-2H3,(H,30,34)(H,31,32)(H,35,36). The van der Waals surface area contributed by atoms with Crippen LogP contribution in [0.25, 0.3) is 22.4 Å². The van der Waals surface area contributed by atoms with E-state index in [0.29, 0.717) is 29.2 Å². The molecule has 0 saturated carbocycles. The van der Waals surface area contributed by atoms with E-state index in [4.69, 9.17) is 9.47 Å². The highest BCUT2D eigenvalue weighted by Crippen LogP contribution is 2.32. The van der Waals surface area contributed by atoms with E-state index in [-0.39, 0.29) is 12.1 Å². The maximum atomic E-state index is 13.1. The number of aromatic amines is 1. The van der Waals surface area contributed by atoms with Gasteiger partial charge in [-0.2, -0.15) is 5.10 Å². The van der Waals surface area contributed by atoms with Gasteiger partial charge in [0.25, 0.3) is 5.91 Å². The van der Waals surface area contributed by atoms with Crippen LogP contribution in [0.15, 0.2) is 78.9 Å². The minimum Gasteiger partial charge on any atom is -0.497 e. The summed E-state index contributed by atoms with van der Waals surface area (Å²) in [6.45, 7) is 0. The van der Waals surface area contributed by atoms with Gasteiger partial charge in [0, 0.05) is 18.0 Å². The summed E-state index contributed by atoms with van der Waals surface area (Å²) in [7, 11) is 3.09. The van der Waals surface area contributed by atoms with Crippen molar-refractivity contribution in [2.24, 2.45) is 0 Å². The summed E-state index contributed by atoms with van der Waals surface area (Å²) < 4.78 is 10.7. The average molecular weight is 516 g/mol. The number of benzene rings is 3. The summed E-state index contributed by atoms with van der Waals surface area (Å²) in [4.78, 5) is 24.4. The third-order valence-electron chi connectivity index (χ3n) is 6.18. The SMILES string of the molecule is COc1ccc(OC)c(-c2cc(C(=O)NC(Cc3ccc(-c4ccccc4)cc3)CC(O)C(=O)O)[nH]n2)c1. The first-order valence-electron chi connectivity index (χ1n) is 12.0. The van der Waals surface area contributed by atoms with Crippen molar-refractivity contribution in [1.82, 2.24) is 15.5 Å². The van der Waals surface area contributed by atoms with E-state index in [2.05, 4.69) is 15.5 Å². The van der Waals surface area contributed by atoms with Gasteiger partial charge in [0.2, 0.25) is 0 Å². The van der Waals surface area contributed by atoms with Crippen molar-refractivity contribution in [3.63, 3.8) is 0 Å². The fraction of sp³-hybridized carbons (Fsp3) is 0.207. The van der Waals surface area contributed by atoms with Gasteiger partial charge in [-0.1, -0.05) is 54.6 Å². The number of hydrogen-bond donors (Lipinski definition) is 4. The van der Waals surface area contributed by atoms with Crippen molar-refractivity contribution < 1.29 is 29.3 Å². The lowest BCUT2D eigenvalue weighted by molar-refractivity contribution is -0.147. The summed E-state index contributed by atoms with van der Waals surface area (Å²) in [5.41, 5.74) is 4.30. The lowest BCUT2D eigenvalue weighted by atomic mass is 9.97. The second-order valence-corrected chi connectivity index (χ2v) is 8.76. The van der Waals surface area contributed by atoms with Crippen LogP contribution in [0.2, 0.25) is 0 Å². The largest absolute Gasteiger partial charge is 0.497 e. The molecule has 0 radical (unpaired) electrons. The van der Waals surface area contributed by atoms with E-state index in [9.17, 15) is 19.8 Å². The molecule has 1 heterocycles. The van der Waals surface area contributed by atoms with Crippen LogP contribution in [0.4, 0.5) is 0 Å². The van der Waals surface area contributed by atoms with Crippen LogP contribution in [0.5, 0.6) is 11.5 Å². The predicted octanol–water partition coefficient (Wildman–Crippen LogP) is 3.94. The van der Waals surface area contributed by atoms with Gasteiger partial charge in [-0.15, -0.1) is 0 Å². The molecule has 0 spiro atoms. The van der Waals surface area contributed by atoms with Gasteiger partial charge >= 0.3 is 5.97 Å². The van der Waals surface area contributed by atoms with E-state index < -0.39 is 24.0 Å². The van der Waals surface area contributed by atoms with Crippen LogP contribution < -0.4 is 14.8 Å². The number of rotatable bonds is 11. The van der Waals surface area contributed by atoms with E-state index in [1.165, 1.54) is 7.11 Å². The van der Waals surface area contributed by atoms with Crippen LogP contribution in [0.3, 0.4) is 0 Å². The molecule has 9 heteroatoms. The Morgan fingerprint density at radius 2 is 1.66 bits per heavy atom. The maximum absolute atomic E-state index is 13.1. The molecule has 4 rings (SSSR count). The van der Waals surface area contributed by atoms with Crippen LogP contribution in [0, 0.1) is 0 Å². The molecule has 1 amide bonds. The topological polar surface area (TPSA) is 134 Å². The maximum Gasteiger partial charge on any atom is 0.332 e. The second kappa shape index (κ2) is 12.1. The van der Waals surface area contributed by atoms with Gasteiger partial charge < -0.3 is 25.0 Å². The third-order valence-corrected chi connectivity index (χ3v) is 6.18. The number of aromatic nitrogens is 2. The summed E-state index contributed by atoms with van der Waals surface area (Å²) in [6.07, 6.45) is -1.45. The number of carboxylic acid groups (broad SMARTS) is 1. The minimum absolute atomic E-state index is 0.161. The Labute approximate surface area is 220 Å². The quantitative estimate of drug-likeness (QED) is 0.238. The molecule has 0 fully saturated rings. The van der Waals surface area contributed by atoms with E-state index >= 15 is 0 Å². The molecule has 2 unspecified atom stereocenters. The monoisotopic (exact) mass is 515 g/mol. The van der Waals surface area contributed by atoms with Crippen molar-refractivity contribution in [2.45, 2.75) is 25.0 Å². The first kappa shape index (κ1) is 26.4. The smallest absolute Gasteiger partial charge is 0.332 e. The predicted molar refractivity (Wildman–Crippen MR) is 142 cm³/mol. The van der Waals surface area contributed by atoms with Gasteiger partial charge in [0.1, 0.15) is 17.2 Å². The number of nitrogens with zero attached hydrogens (tertiary/aromatic N) is 1. The number of aliphatic hydroxyl groups is 1. The molecule has 0 saturated heterocycles. The average Bonchev–Trinajstić information content (AvgIpc) is 3.44. The van der Waals surface area contributed by atoms with Crippen LogP contribution in [0.1, 0.15) is 22.5 Å². The Bertz CT molecular complexity index is 1390. The molecule has 3 aromatic carbocycles. The highest BCUT2D eigenvalue weighted by molar-refractivity contribution is 5.94. The highest BCUT2D eigenvalue weighted by Gasteiger charge is 2.24. The van der Waals surface area contributed by atoms with Crippen LogP contribution >= 0.6 is 0 Å². The summed E-state index contributed by atoms with van der Waals surface area (Å²) in [5, 5.41) is 29.1. The second-order valence-electron chi connectivity index (χ2n) is 8.76. The van der Waals surface area contributed by atoms with E-state index in [1.54, 1.807) is 31.4 Å². The van der Waals surface area contributed by atoms with Gasteiger partial charge in [-0.05, 0) is 47.4 Å². The van der Waals surface area contributed by atoms with Crippen molar-refractivity contribution in [2.75, 3.05) is 14.2 Å². The Morgan fingerprint density at radius 1 is 0.947 bits per heavy atom. The number of carboxylic acids is 1. The summed E-state index contributed by atoms with van der Waals surface area (Å²) in [6, 6.07) is 23.9. The van der Waals surface area contributed by atoms with Gasteiger partial charge in [0.05, 0.1) is 19.9 Å². The number of carbonyl (C=O) groups is 2. The highest BCUT2D eigenvalue weighted by atomic mass is 16.5. The molecule has 9 nitrogen and oxygen atoms in total. The normalized spacial score (nSPS) is 12.4. The molecule has 0 bridgehead atoms. The van der Waals surface area contributed by atoms with Crippen molar-refractivity contribution in [1.29, 1.82) is 0 Å². The number of ether oxygens (including phenoxy) is 2. The Kier molecular flexibility index (Phi) is 8.40. The fourth-order valence-electron chi connectivity index (χ4n) is 4.17. The number of hydrogen-bond acceptors (Lipinski definition) is 6. The lowest BCUT2D eigenvalue weighted by Crippen LogP contribution is -2.40. The van der Waals surface area contributed by atoms with Crippen molar-refractivity contribution in [3.05, 3.63) is 90.1 Å². The number of carbonyl (C=O) groups excluding carboxylic acids is 1. The number of methoxy groups -OCH3 is 2. The van der Waals surface area contributed by atoms with E-state index in [0.717, 1.165) is 16.7 Å². The zero-order chi connectivity index (χ0) is 27.1. The molecule has 196 valence electrons. The number of amides is 1. The third kappa shape index (κ3) is 6.37. The Balaban J connectivity index is 1.51. The van der Waals surface area contributed by atoms with Crippen LogP contribution in [-0.2, 0) is 11.2 Å². The van der Waals surface area contributed by atoms with Gasteiger partial charge in [-0.25, -0.2) is 4.79 Å². The minimum atomic E-state index is -1.62. The molecule has 4 aromatic rings. The summed E-state index contributed by atoms with van der Waals surface area (Å²) >= 11 is 0. The fourth-order valence-corrected chi connectivity index (χ4v) is 4.17. The van der Waals surface area contributed by atoms with Gasteiger partial charge in [-0.3, -0.25) is 9.89 Å². The van der Waals surface area contributed by atoms with Crippen molar-refractivity contribution >= 4 is 11.9 Å². The molecular formula is C29H29N3O6. The first-order chi connectivity index (χ1) is 18.4. The Morgan fingerprint density at radius 3 is 2.32 bits per heavy atom. The lowest BCUT2D eigenvalue weighted by Gasteiger charge is -2.20. The molecule has 2 atom stereocenters. The molecule has 1 aromatic heterocycles. The van der Waals surface area contributed by atoms with Crippen LogP contribution in [-0.4, -0.2) is 58.7 Å². The summed E-state index contributed by atoms with van der Waals surface area (Å²) in [5.74, 6) is -0.659. The zero-order valence-corrected chi connectivity index (χ0v) is 21.0. The molecule has 0 aliphatic carbocycles. The molecule has 38 heavy (non-hydrogen) atoms. The van der Waals surface area contributed by atoms with Gasteiger partial charge in [0.15, 0.2) is 6.10 Å². The molecule has 0 aliphatic rings. The molecular weight excluding hydrogens is 486 g/mol. The molecule has 4 N–H and O–H groups in total. The Hall–Kier alpha value is -4.63. The molecule has 0 aliphatic heterocycles.